The zero-order valence-corrected chi connectivity index (χ0v) is 11.6. The van der Waals surface area contributed by atoms with E-state index in [0.717, 1.165) is 31.9 Å². The number of hydrogen-bond acceptors (Lipinski definition) is 4. The van der Waals surface area contributed by atoms with Crippen molar-refractivity contribution in [2.75, 3.05) is 6.54 Å². The number of halogens is 2. The molecule has 3 rings (SSSR count). The molecular weight excluding hydrogens is 276 g/mol. The van der Waals surface area contributed by atoms with Crippen molar-refractivity contribution in [1.29, 1.82) is 0 Å². The lowest BCUT2D eigenvalue weighted by molar-refractivity contribution is 0.367. The lowest BCUT2D eigenvalue weighted by Gasteiger charge is -2.09. The molecule has 112 valence electrons. The monoisotopic (exact) mass is 293 g/mol. The summed E-state index contributed by atoms with van der Waals surface area (Å²) < 4.78 is 32.0. The van der Waals surface area contributed by atoms with E-state index in [1.54, 1.807) is 0 Å². The predicted molar refractivity (Wildman–Crippen MR) is 72.7 cm³/mol. The maximum atomic E-state index is 13.6. The van der Waals surface area contributed by atoms with Crippen molar-refractivity contribution in [2.45, 2.75) is 38.1 Å². The van der Waals surface area contributed by atoms with Gasteiger partial charge in [0.15, 0.2) is 17.5 Å². The van der Waals surface area contributed by atoms with Gasteiger partial charge in [0.25, 0.3) is 0 Å². The Kier molecular flexibility index (Phi) is 4.24. The number of nitrogens with one attached hydrogen (secondary N) is 1. The largest absolute Gasteiger partial charge is 0.339 e. The van der Waals surface area contributed by atoms with Gasteiger partial charge in [-0.1, -0.05) is 30.1 Å². The van der Waals surface area contributed by atoms with Crippen LogP contribution in [0.25, 0.3) is 0 Å². The summed E-state index contributed by atoms with van der Waals surface area (Å²) in [5.74, 6) is -0.813. The molecule has 4 nitrogen and oxygen atoms in total. The average molecular weight is 293 g/mol. The molecule has 1 N–H and O–H groups in total. The SMILES string of the molecule is Fc1cccc(Cc2nc(C3CCCCCN3)no2)c1F. The van der Waals surface area contributed by atoms with Crippen LogP contribution < -0.4 is 5.32 Å². The standard InChI is InChI=1S/C15H17F2N3O/c16-11-6-4-5-10(14(11)17)9-13-19-15(20-21-13)12-7-2-1-3-8-18-12/h4-6,12,18H,1-3,7-9H2. The zero-order chi connectivity index (χ0) is 14.7. The van der Waals surface area contributed by atoms with Crippen LogP contribution in [0.15, 0.2) is 22.7 Å². The molecular formula is C15H17F2N3O. The van der Waals surface area contributed by atoms with Gasteiger partial charge in [0.05, 0.1) is 12.5 Å². The first kappa shape index (κ1) is 14.1. The zero-order valence-electron chi connectivity index (χ0n) is 11.6. The summed E-state index contributed by atoms with van der Waals surface area (Å²) in [6.45, 7) is 0.938. The highest BCUT2D eigenvalue weighted by Gasteiger charge is 2.20. The Morgan fingerprint density at radius 3 is 3.05 bits per heavy atom. The van der Waals surface area contributed by atoms with E-state index >= 15 is 0 Å². The van der Waals surface area contributed by atoms with Crippen LogP contribution in [0.5, 0.6) is 0 Å². The number of nitrogens with zero attached hydrogens (tertiary/aromatic N) is 2. The Morgan fingerprint density at radius 2 is 2.14 bits per heavy atom. The molecule has 0 bridgehead atoms. The number of rotatable bonds is 3. The van der Waals surface area contributed by atoms with Gasteiger partial charge in [-0.15, -0.1) is 0 Å². The van der Waals surface area contributed by atoms with Gasteiger partial charge in [-0.3, -0.25) is 0 Å². The Hall–Kier alpha value is -1.82. The molecule has 0 saturated carbocycles. The minimum atomic E-state index is -0.863. The van der Waals surface area contributed by atoms with Gasteiger partial charge in [-0.2, -0.15) is 4.98 Å². The molecule has 1 atom stereocenters. The summed E-state index contributed by atoms with van der Waals surface area (Å²) in [5, 5.41) is 7.34. The van der Waals surface area contributed by atoms with Crippen molar-refractivity contribution >= 4 is 0 Å². The van der Waals surface area contributed by atoms with Crippen molar-refractivity contribution in [3.8, 4) is 0 Å². The highest BCUT2D eigenvalue weighted by atomic mass is 19.2. The lowest BCUT2D eigenvalue weighted by Crippen LogP contribution is -2.21. The molecule has 1 unspecified atom stereocenters. The Bertz CT molecular complexity index is 607. The Morgan fingerprint density at radius 1 is 1.24 bits per heavy atom. The van der Waals surface area contributed by atoms with E-state index in [1.807, 2.05) is 0 Å². The highest BCUT2D eigenvalue weighted by Crippen LogP contribution is 2.21. The smallest absolute Gasteiger partial charge is 0.231 e. The second-order valence-corrected chi connectivity index (χ2v) is 5.29. The van der Waals surface area contributed by atoms with E-state index in [4.69, 9.17) is 4.52 Å². The average Bonchev–Trinajstić information content (AvgIpc) is 2.77. The van der Waals surface area contributed by atoms with Gasteiger partial charge in [0.1, 0.15) is 0 Å². The van der Waals surface area contributed by atoms with Crippen molar-refractivity contribution in [2.24, 2.45) is 0 Å². The van der Waals surface area contributed by atoms with E-state index in [0.29, 0.717) is 11.7 Å². The van der Waals surface area contributed by atoms with Crippen molar-refractivity contribution in [1.82, 2.24) is 15.5 Å². The van der Waals surface area contributed by atoms with Crippen LogP contribution in [0.2, 0.25) is 0 Å². The van der Waals surface area contributed by atoms with E-state index < -0.39 is 11.6 Å². The number of benzene rings is 1. The molecule has 0 spiro atoms. The van der Waals surface area contributed by atoms with Crippen LogP contribution >= 0.6 is 0 Å². The first-order chi connectivity index (χ1) is 10.2. The highest BCUT2D eigenvalue weighted by molar-refractivity contribution is 5.21. The molecule has 6 heteroatoms. The molecule has 21 heavy (non-hydrogen) atoms. The van der Waals surface area contributed by atoms with E-state index in [1.165, 1.54) is 18.6 Å². The molecule has 0 radical (unpaired) electrons. The van der Waals surface area contributed by atoms with Crippen molar-refractivity contribution < 1.29 is 13.3 Å². The second-order valence-electron chi connectivity index (χ2n) is 5.29. The minimum Gasteiger partial charge on any atom is -0.339 e. The fraction of sp³-hybridized carbons (Fsp3) is 0.467. The lowest BCUT2D eigenvalue weighted by atomic mass is 10.1. The third-order valence-electron chi connectivity index (χ3n) is 3.73. The second kappa shape index (κ2) is 6.30. The molecule has 1 aromatic heterocycles. The Labute approximate surface area is 121 Å². The van der Waals surface area contributed by atoms with Crippen molar-refractivity contribution in [3.63, 3.8) is 0 Å². The molecule has 1 aliphatic rings. The summed E-state index contributed by atoms with van der Waals surface area (Å²) in [6, 6.07) is 4.17. The van der Waals surface area contributed by atoms with Gasteiger partial charge in [-0.25, -0.2) is 8.78 Å². The molecule has 0 aliphatic carbocycles. The molecule has 0 amide bonds. The van der Waals surface area contributed by atoms with Crippen molar-refractivity contribution in [3.05, 3.63) is 47.1 Å². The molecule has 1 saturated heterocycles. The summed E-state index contributed by atoms with van der Waals surface area (Å²) >= 11 is 0. The van der Waals surface area contributed by atoms with E-state index in [9.17, 15) is 8.78 Å². The first-order valence-electron chi connectivity index (χ1n) is 7.23. The summed E-state index contributed by atoms with van der Waals surface area (Å²) in [5.41, 5.74) is 0.221. The predicted octanol–water partition coefficient (Wildman–Crippen LogP) is 3.14. The van der Waals surface area contributed by atoms with Gasteiger partial charge in [0, 0.05) is 5.56 Å². The van der Waals surface area contributed by atoms with Gasteiger partial charge in [0.2, 0.25) is 5.89 Å². The van der Waals surface area contributed by atoms with Gasteiger partial charge in [-0.05, 0) is 25.5 Å². The first-order valence-corrected chi connectivity index (χ1v) is 7.23. The third kappa shape index (κ3) is 3.26. The molecule has 2 heterocycles. The maximum absolute atomic E-state index is 13.6. The topological polar surface area (TPSA) is 51.0 Å². The van der Waals surface area contributed by atoms with Gasteiger partial charge >= 0.3 is 0 Å². The van der Waals surface area contributed by atoms with Crippen LogP contribution in [0.3, 0.4) is 0 Å². The normalized spacial score (nSPS) is 19.4. The van der Waals surface area contributed by atoms with Crippen LogP contribution in [0, 0.1) is 11.6 Å². The van der Waals surface area contributed by atoms with E-state index in [-0.39, 0.29) is 18.0 Å². The molecule has 2 aromatic rings. The molecule has 1 aliphatic heterocycles. The molecule has 1 aromatic carbocycles. The van der Waals surface area contributed by atoms with Crippen LogP contribution in [0.4, 0.5) is 8.78 Å². The van der Waals surface area contributed by atoms with Crippen LogP contribution in [0.1, 0.15) is 49.0 Å². The summed E-state index contributed by atoms with van der Waals surface area (Å²) in [4.78, 5) is 4.31. The fourth-order valence-electron chi connectivity index (χ4n) is 2.58. The summed E-state index contributed by atoms with van der Waals surface area (Å²) in [6.07, 6.45) is 4.54. The summed E-state index contributed by atoms with van der Waals surface area (Å²) in [7, 11) is 0. The number of aromatic nitrogens is 2. The Balaban J connectivity index is 1.74. The van der Waals surface area contributed by atoms with Gasteiger partial charge < -0.3 is 9.84 Å². The fourth-order valence-corrected chi connectivity index (χ4v) is 2.58. The third-order valence-corrected chi connectivity index (χ3v) is 3.73. The number of hydrogen-bond donors (Lipinski definition) is 1. The quantitative estimate of drug-likeness (QED) is 0.944. The van der Waals surface area contributed by atoms with Crippen LogP contribution in [-0.2, 0) is 6.42 Å². The maximum Gasteiger partial charge on any atom is 0.231 e. The minimum absolute atomic E-state index is 0.0855. The van der Waals surface area contributed by atoms with Crippen LogP contribution in [-0.4, -0.2) is 16.7 Å². The van der Waals surface area contributed by atoms with E-state index in [2.05, 4.69) is 15.5 Å². The molecule has 1 fully saturated rings.